The van der Waals surface area contributed by atoms with Crippen molar-refractivity contribution in [1.82, 2.24) is 0 Å². The van der Waals surface area contributed by atoms with Crippen molar-refractivity contribution >= 4 is 39.0 Å². The van der Waals surface area contributed by atoms with Gasteiger partial charge in [0.25, 0.3) is 0 Å². The molecule has 2 nitrogen and oxygen atoms in total. The van der Waals surface area contributed by atoms with E-state index >= 15 is 0 Å². The maximum atomic E-state index is 6.13. The third-order valence-electron chi connectivity index (χ3n) is 12.7. The molecular formula is C54H41NOV4. The van der Waals surface area contributed by atoms with E-state index in [0.29, 0.717) is 0 Å². The number of hydrogen-bond donors (Lipinski definition) is 0. The van der Waals surface area contributed by atoms with Crippen molar-refractivity contribution in [3.63, 3.8) is 0 Å². The van der Waals surface area contributed by atoms with Crippen LogP contribution in [0.15, 0.2) is 180 Å². The Kier molecular flexibility index (Phi) is 12.1. The van der Waals surface area contributed by atoms with E-state index in [9.17, 15) is 0 Å². The number of hydrogen-bond acceptors (Lipinski definition) is 2. The molecule has 8 aromatic carbocycles. The molecule has 0 saturated carbocycles. The molecule has 9 aromatic rings. The van der Waals surface area contributed by atoms with Gasteiger partial charge in [-0.2, -0.15) is 0 Å². The second-order valence-electron chi connectivity index (χ2n) is 16.6. The van der Waals surface area contributed by atoms with Crippen LogP contribution in [0.4, 0.5) is 17.1 Å². The summed E-state index contributed by atoms with van der Waals surface area (Å²) in [5.74, 6) is 0. The fraction of sp³-hybridized carbons (Fsp3) is 0.111. The van der Waals surface area contributed by atoms with Gasteiger partial charge in [0.1, 0.15) is 11.2 Å². The molecular weight excluding hydrogens is 882 g/mol. The summed E-state index contributed by atoms with van der Waals surface area (Å²) in [6, 6.07) is 64.7. The number of fused-ring (bicyclic) bond motifs is 9. The normalized spacial score (nSPS) is 13.4. The summed E-state index contributed by atoms with van der Waals surface area (Å²) in [7, 11) is 0. The number of para-hydroxylation sites is 1. The Balaban J connectivity index is 0.00000136. The van der Waals surface area contributed by atoms with Crippen LogP contribution >= 0.6 is 0 Å². The Morgan fingerprint density at radius 1 is 0.333 bits per heavy atom. The van der Waals surface area contributed by atoms with Crippen LogP contribution in [0.5, 0.6) is 0 Å². The van der Waals surface area contributed by atoms with Crippen molar-refractivity contribution in [3.8, 4) is 44.5 Å². The van der Waals surface area contributed by atoms with E-state index in [1.54, 1.807) is 0 Å². The Morgan fingerprint density at radius 2 is 0.750 bits per heavy atom. The van der Waals surface area contributed by atoms with Crippen LogP contribution in [0.1, 0.15) is 49.9 Å². The van der Waals surface area contributed by atoms with Gasteiger partial charge in [0, 0.05) is 113 Å². The van der Waals surface area contributed by atoms with Crippen molar-refractivity contribution in [1.29, 1.82) is 0 Å². The van der Waals surface area contributed by atoms with Crippen LogP contribution in [0, 0.1) is 0 Å². The average molecular weight is 924 g/mol. The molecule has 0 amide bonds. The van der Waals surface area contributed by atoms with Gasteiger partial charge in [0.15, 0.2) is 0 Å². The zero-order valence-corrected chi connectivity index (χ0v) is 39.5. The maximum Gasteiger partial charge on any atom is 0.135 e. The van der Waals surface area contributed by atoms with Crippen LogP contribution in [-0.4, -0.2) is 0 Å². The van der Waals surface area contributed by atoms with Crippen molar-refractivity contribution in [2.75, 3.05) is 4.90 Å². The predicted octanol–water partition coefficient (Wildman–Crippen LogP) is 15.0. The van der Waals surface area contributed by atoms with Crippen LogP contribution in [0.25, 0.3) is 66.4 Å². The smallest absolute Gasteiger partial charge is 0.135 e. The van der Waals surface area contributed by atoms with Crippen LogP contribution in [0.3, 0.4) is 0 Å². The molecule has 60 heavy (non-hydrogen) atoms. The van der Waals surface area contributed by atoms with E-state index in [1.165, 1.54) is 66.8 Å². The van der Waals surface area contributed by atoms with Gasteiger partial charge in [0.2, 0.25) is 0 Å². The van der Waals surface area contributed by atoms with Crippen molar-refractivity contribution in [3.05, 3.63) is 198 Å². The van der Waals surface area contributed by atoms with E-state index in [4.69, 9.17) is 4.42 Å². The van der Waals surface area contributed by atoms with Gasteiger partial charge in [-0.05, 0) is 127 Å². The first-order chi connectivity index (χ1) is 27.3. The molecule has 4 radical (unpaired) electrons. The summed E-state index contributed by atoms with van der Waals surface area (Å²) >= 11 is 0. The first-order valence-corrected chi connectivity index (χ1v) is 19.7. The molecule has 0 saturated heterocycles. The number of furan rings is 1. The summed E-state index contributed by atoms with van der Waals surface area (Å²) in [4.78, 5) is 2.40. The summed E-state index contributed by atoms with van der Waals surface area (Å²) in [6.45, 7) is 9.40. The fourth-order valence-electron chi connectivity index (χ4n) is 9.67. The largest absolute Gasteiger partial charge is 0.456 e. The third kappa shape index (κ3) is 6.84. The molecule has 0 spiro atoms. The quantitative estimate of drug-likeness (QED) is 0.171. The summed E-state index contributed by atoms with van der Waals surface area (Å²) in [6.07, 6.45) is 0. The SMILES string of the molecule is CC1(C)c2ccccc2-c2ccc(-c3ccc(N(c4ccc(-c5ccc6oc7ccccc7c6c5)cc4)c4ccc5c(c4)C(C)(C)c4ccccc4-5)cc3)cc21.[V].[V].[V].[V]. The number of rotatable bonds is 5. The molecule has 0 N–H and O–H groups in total. The predicted molar refractivity (Wildman–Crippen MR) is 234 cm³/mol. The van der Waals surface area contributed by atoms with Gasteiger partial charge in [-0.15, -0.1) is 0 Å². The zero-order valence-electron chi connectivity index (χ0n) is 33.9. The van der Waals surface area contributed by atoms with Crippen LogP contribution < -0.4 is 4.90 Å². The number of nitrogens with zero attached hydrogens (tertiary/aromatic N) is 1. The molecule has 288 valence electrons. The van der Waals surface area contributed by atoms with E-state index in [1.807, 2.05) is 12.1 Å². The molecule has 6 heteroatoms. The van der Waals surface area contributed by atoms with Crippen molar-refractivity contribution < 1.29 is 78.6 Å². The molecule has 2 aliphatic rings. The molecule has 1 aromatic heterocycles. The molecule has 1 heterocycles. The Hall–Kier alpha value is -4.30. The Morgan fingerprint density at radius 3 is 1.35 bits per heavy atom. The van der Waals surface area contributed by atoms with Gasteiger partial charge in [-0.3, -0.25) is 0 Å². The molecule has 2 aliphatic carbocycles. The summed E-state index contributed by atoms with van der Waals surface area (Å²) < 4.78 is 6.13. The monoisotopic (exact) mass is 923 g/mol. The van der Waals surface area contributed by atoms with Gasteiger partial charge >= 0.3 is 0 Å². The minimum absolute atomic E-state index is 0. The summed E-state index contributed by atoms with van der Waals surface area (Å²) in [5, 5.41) is 2.29. The zero-order chi connectivity index (χ0) is 37.8. The minimum atomic E-state index is -0.0990. The second kappa shape index (κ2) is 16.5. The Bertz CT molecular complexity index is 3040. The molecule has 0 atom stereocenters. The first-order valence-electron chi connectivity index (χ1n) is 19.7. The summed E-state index contributed by atoms with van der Waals surface area (Å²) in [5.41, 5.74) is 20.8. The third-order valence-corrected chi connectivity index (χ3v) is 12.7. The van der Waals surface area contributed by atoms with Gasteiger partial charge in [-0.25, -0.2) is 0 Å². The van der Waals surface area contributed by atoms with Gasteiger partial charge in [0.05, 0.1) is 0 Å². The van der Waals surface area contributed by atoms with Crippen molar-refractivity contribution in [2.24, 2.45) is 0 Å². The molecule has 0 fully saturated rings. The maximum absolute atomic E-state index is 6.13. The molecule has 0 aliphatic heterocycles. The standard InChI is InChI=1S/C54H41NO.4V/c1-53(2)47-14-8-5-11-41(47)43-28-21-37(32-49(43)53)35-19-25-39(26-20-35)55(40-27-29-44-42-12-6-9-15-48(42)54(3,4)50(44)33-40)38-23-17-34(18-24-38)36-22-30-52-46(31-36)45-13-7-10-16-51(45)56-52;;;;/h5-33H,1-4H3;;;;. The first kappa shape index (κ1) is 43.8. The van der Waals surface area contributed by atoms with Gasteiger partial charge in [-0.1, -0.05) is 143 Å². The number of anilines is 3. The average Bonchev–Trinajstić information content (AvgIpc) is 3.80. The number of benzene rings is 8. The second-order valence-corrected chi connectivity index (χ2v) is 16.6. The molecule has 11 rings (SSSR count). The van der Waals surface area contributed by atoms with Crippen LogP contribution in [0.2, 0.25) is 0 Å². The Labute approximate surface area is 400 Å². The van der Waals surface area contributed by atoms with E-state index < -0.39 is 0 Å². The van der Waals surface area contributed by atoms with Crippen LogP contribution in [-0.2, 0) is 85.1 Å². The van der Waals surface area contributed by atoms with Crippen molar-refractivity contribution in [2.45, 2.75) is 38.5 Å². The molecule has 0 bridgehead atoms. The topological polar surface area (TPSA) is 16.4 Å². The van der Waals surface area contributed by atoms with E-state index in [0.717, 1.165) is 39.0 Å². The fourth-order valence-corrected chi connectivity index (χ4v) is 9.67. The van der Waals surface area contributed by atoms with E-state index in [2.05, 4.69) is 196 Å². The van der Waals surface area contributed by atoms with E-state index in [-0.39, 0.29) is 85.1 Å². The van der Waals surface area contributed by atoms with Gasteiger partial charge < -0.3 is 9.32 Å². The molecule has 0 unspecified atom stereocenters. The minimum Gasteiger partial charge on any atom is -0.456 e.